The highest BCUT2D eigenvalue weighted by molar-refractivity contribution is 7.14. The fourth-order valence-electron chi connectivity index (χ4n) is 2.08. The molecular weight excluding hydrogens is 276 g/mol. The molecule has 19 heavy (non-hydrogen) atoms. The van der Waals surface area contributed by atoms with Gasteiger partial charge in [0.2, 0.25) is 0 Å². The van der Waals surface area contributed by atoms with E-state index >= 15 is 0 Å². The molecule has 100 valence electrons. The van der Waals surface area contributed by atoms with Gasteiger partial charge in [-0.3, -0.25) is 4.79 Å². The average molecular weight is 292 g/mol. The zero-order chi connectivity index (χ0) is 13.4. The number of rotatable bonds is 4. The molecule has 5 heteroatoms. The third-order valence-corrected chi connectivity index (χ3v) is 5.13. The maximum absolute atomic E-state index is 12.6. The summed E-state index contributed by atoms with van der Waals surface area (Å²) in [7, 11) is 0. The maximum Gasteiger partial charge on any atom is 0.264 e. The first-order chi connectivity index (χ1) is 9.15. The minimum absolute atomic E-state index is 0.124. The highest BCUT2D eigenvalue weighted by atomic mass is 32.1. The molecule has 1 amide bonds. The average Bonchev–Trinajstić information content (AvgIpc) is 3.00. The lowest BCUT2D eigenvalue weighted by Gasteiger charge is -2.21. The van der Waals surface area contributed by atoms with Gasteiger partial charge in [-0.05, 0) is 48.2 Å². The normalized spacial score (nSPS) is 14.6. The summed E-state index contributed by atoms with van der Waals surface area (Å²) in [5.74, 6) is 0.124. The van der Waals surface area contributed by atoms with Crippen LogP contribution in [-0.4, -0.2) is 16.8 Å². The molecule has 0 atom stereocenters. The molecule has 0 saturated heterocycles. The van der Waals surface area contributed by atoms with Gasteiger partial charge in [0.25, 0.3) is 5.91 Å². The van der Waals surface area contributed by atoms with E-state index in [9.17, 15) is 4.79 Å². The Labute approximate surface area is 120 Å². The number of hydrogen-bond acceptors (Lipinski definition) is 4. The standard InChI is InChI=1S/C14H16N2OS2/c1-9-12(15)6-13(19-9)14(17)16(11-2-3-11)7-10-4-5-18-8-10/h4-6,8,11H,2-3,7,15H2,1H3. The molecule has 2 aromatic rings. The van der Waals surface area contributed by atoms with Crippen LogP contribution in [0.5, 0.6) is 0 Å². The van der Waals surface area contributed by atoms with Crippen LogP contribution in [0.3, 0.4) is 0 Å². The molecule has 1 fully saturated rings. The Hall–Kier alpha value is -1.33. The summed E-state index contributed by atoms with van der Waals surface area (Å²) in [6, 6.07) is 4.31. The Bertz CT molecular complexity index is 565. The van der Waals surface area contributed by atoms with Gasteiger partial charge in [0, 0.05) is 23.2 Å². The first-order valence-corrected chi connectivity index (χ1v) is 8.09. The maximum atomic E-state index is 12.6. The lowest BCUT2D eigenvalue weighted by atomic mass is 10.2. The lowest BCUT2D eigenvalue weighted by molar-refractivity contribution is 0.0735. The van der Waals surface area contributed by atoms with Crippen LogP contribution in [0.15, 0.2) is 22.9 Å². The minimum Gasteiger partial charge on any atom is -0.398 e. The monoisotopic (exact) mass is 292 g/mol. The van der Waals surface area contributed by atoms with Crippen molar-refractivity contribution >= 4 is 34.3 Å². The van der Waals surface area contributed by atoms with Gasteiger partial charge >= 0.3 is 0 Å². The summed E-state index contributed by atoms with van der Waals surface area (Å²) in [6.45, 7) is 2.67. The van der Waals surface area contributed by atoms with Crippen molar-refractivity contribution in [2.75, 3.05) is 5.73 Å². The molecule has 0 aliphatic heterocycles. The van der Waals surface area contributed by atoms with Crippen LogP contribution >= 0.6 is 22.7 Å². The first-order valence-electron chi connectivity index (χ1n) is 6.33. The van der Waals surface area contributed by atoms with Crippen LogP contribution < -0.4 is 5.73 Å². The van der Waals surface area contributed by atoms with Crippen LogP contribution in [0.1, 0.15) is 33.0 Å². The largest absolute Gasteiger partial charge is 0.398 e. The summed E-state index contributed by atoms with van der Waals surface area (Å²) in [4.78, 5) is 16.4. The quantitative estimate of drug-likeness (QED) is 0.937. The number of nitrogen functional groups attached to an aromatic ring is 1. The van der Waals surface area contributed by atoms with Gasteiger partial charge in [-0.1, -0.05) is 0 Å². The van der Waals surface area contributed by atoms with E-state index in [2.05, 4.69) is 16.8 Å². The molecule has 3 nitrogen and oxygen atoms in total. The molecule has 1 aliphatic rings. The van der Waals surface area contributed by atoms with E-state index in [1.165, 1.54) is 16.9 Å². The van der Waals surface area contributed by atoms with Crippen LogP contribution in [0.4, 0.5) is 5.69 Å². The number of nitrogens with zero attached hydrogens (tertiary/aromatic N) is 1. The fourth-order valence-corrected chi connectivity index (χ4v) is 3.63. The minimum atomic E-state index is 0.124. The second kappa shape index (κ2) is 4.98. The summed E-state index contributed by atoms with van der Waals surface area (Å²) in [5, 5.41) is 4.16. The van der Waals surface area contributed by atoms with Crippen LogP contribution in [0, 0.1) is 6.92 Å². The smallest absolute Gasteiger partial charge is 0.264 e. The van der Waals surface area contributed by atoms with Crippen molar-refractivity contribution in [2.45, 2.75) is 32.4 Å². The fraction of sp³-hybridized carbons (Fsp3) is 0.357. The molecule has 2 aromatic heterocycles. The van der Waals surface area contributed by atoms with E-state index in [0.717, 1.165) is 28.3 Å². The van der Waals surface area contributed by atoms with Crippen LogP contribution in [0.2, 0.25) is 0 Å². The van der Waals surface area contributed by atoms with E-state index in [0.29, 0.717) is 12.6 Å². The summed E-state index contributed by atoms with van der Waals surface area (Å²) in [5.41, 5.74) is 7.78. The number of hydrogen-bond donors (Lipinski definition) is 1. The molecule has 1 saturated carbocycles. The van der Waals surface area contributed by atoms with Crippen LogP contribution in [-0.2, 0) is 6.54 Å². The predicted molar refractivity (Wildman–Crippen MR) is 80.7 cm³/mol. The Balaban J connectivity index is 1.81. The second-order valence-electron chi connectivity index (χ2n) is 4.92. The Morgan fingerprint density at radius 3 is 2.84 bits per heavy atom. The molecule has 2 heterocycles. The van der Waals surface area contributed by atoms with Gasteiger partial charge in [0.05, 0.1) is 4.88 Å². The van der Waals surface area contributed by atoms with Crippen molar-refractivity contribution in [3.8, 4) is 0 Å². The Kier molecular flexibility index (Phi) is 3.33. The number of nitrogens with two attached hydrogens (primary N) is 1. The zero-order valence-corrected chi connectivity index (χ0v) is 12.4. The molecule has 0 radical (unpaired) electrons. The van der Waals surface area contributed by atoms with Crippen molar-refractivity contribution in [1.29, 1.82) is 0 Å². The van der Waals surface area contributed by atoms with Crippen molar-refractivity contribution < 1.29 is 4.79 Å². The zero-order valence-electron chi connectivity index (χ0n) is 10.8. The molecule has 1 aliphatic carbocycles. The third kappa shape index (κ3) is 2.67. The van der Waals surface area contributed by atoms with Crippen molar-refractivity contribution in [2.24, 2.45) is 0 Å². The number of carbonyl (C=O) groups excluding carboxylic acids is 1. The van der Waals surface area contributed by atoms with Gasteiger partial charge in [-0.25, -0.2) is 0 Å². The molecule has 0 bridgehead atoms. The molecule has 0 aromatic carbocycles. The lowest BCUT2D eigenvalue weighted by Crippen LogP contribution is -2.31. The Morgan fingerprint density at radius 2 is 2.32 bits per heavy atom. The summed E-state index contributed by atoms with van der Waals surface area (Å²) in [6.07, 6.45) is 2.24. The highest BCUT2D eigenvalue weighted by Gasteiger charge is 2.33. The molecule has 3 rings (SSSR count). The summed E-state index contributed by atoms with van der Waals surface area (Å²) < 4.78 is 0. The summed E-state index contributed by atoms with van der Waals surface area (Å²) >= 11 is 3.17. The number of thiophene rings is 2. The van der Waals surface area contributed by atoms with E-state index in [1.807, 2.05) is 17.9 Å². The third-order valence-electron chi connectivity index (χ3n) is 3.35. The van der Waals surface area contributed by atoms with Gasteiger partial charge in [0.15, 0.2) is 0 Å². The van der Waals surface area contributed by atoms with Crippen LogP contribution in [0.25, 0.3) is 0 Å². The topological polar surface area (TPSA) is 46.3 Å². The first kappa shape index (κ1) is 12.7. The highest BCUT2D eigenvalue weighted by Crippen LogP contribution is 2.32. The van der Waals surface area contributed by atoms with E-state index in [1.54, 1.807) is 11.3 Å². The Morgan fingerprint density at radius 1 is 1.53 bits per heavy atom. The molecular formula is C14H16N2OS2. The molecule has 0 unspecified atom stereocenters. The number of amides is 1. The van der Waals surface area contributed by atoms with Gasteiger partial charge < -0.3 is 10.6 Å². The van der Waals surface area contributed by atoms with Gasteiger partial charge in [0.1, 0.15) is 0 Å². The van der Waals surface area contributed by atoms with Gasteiger partial charge in [-0.15, -0.1) is 11.3 Å². The van der Waals surface area contributed by atoms with E-state index in [4.69, 9.17) is 5.73 Å². The van der Waals surface area contributed by atoms with E-state index < -0.39 is 0 Å². The number of aryl methyl sites for hydroxylation is 1. The number of anilines is 1. The van der Waals surface area contributed by atoms with Gasteiger partial charge in [-0.2, -0.15) is 11.3 Å². The van der Waals surface area contributed by atoms with Crippen molar-refractivity contribution in [1.82, 2.24) is 4.90 Å². The van der Waals surface area contributed by atoms with Crippen molar-refractivity contribution in [3.63, 3.8) is 0 Å². The van der Waals surface area contributed by atoms with Crippen molar-refractivity contribution in [3.05, 3.63) is 38.2 Å². The number of carbonyl (C=O) groups is 1. The second-order valence-corrected chi connectivity index (χ2v) is 6.95. The SMILES string of the molecule is Cc1sc(C(=O)N(Cc2ccsc2)C2CC2)cc1N. The predicted octanol–water partition coefficient (Wildman–Crippen LogP) is 3.51. The molecule has 0 spiro atoms. The van der Waals surface area contributed by atoms with E-state index in [-0.39, 0.29) is 5.91 Å². The molecule has 2 N–H and O–H groups in total.